The third-order valence-electron chi connectivity index (χ3n) is 1.88. The molecule has 0 aliphatic heterocycles. The van der Waals surface area contributed by atoms with E-state index in [0.717, 1.165) is 16.5 Å². The zero-order valence-electron chi connectivity index (χ0n) is 7.34. The maximum absolute atomic E-state index is 9.67. The van der Waals surface area contributed by atoms with Crippen LogP contribution in [0.3, 0.4) is 0 Å². The van der Waals surface area contributed by atoms with E-state index in [-0.39, 0.29) is 12.2 Å². The molecule has 1 rings (SSSR count). The quantitative estimate of drug-likeness (QED) is 0.863. The molecule has 0 saturated heterocycles. The van der Waals surface area contributed by atoms with Gasteiger partial charge in [0.15, 0.2) is 0 Å². The Morgan fingerprint density at radius 1 is 1.46 bits per heavy atom. The molecule has 68 valence electrons. The molecule has 0 fully saturated rings. The van der Waals surface area contributed by atoms with Gasteiger partial charge in [-0.3, -0.25) is 0 Å². The number of halogens is 1. The molecule has 0 bridgehead atoms. The third-order valence-corrected chi connectivity index (χ3v) is 2.34. The number of benzene rings is 1. The molecular weight excluding hydrogens is 230 g/mol. The van der Waals surface area contributed by atoms with Crippen molar-refractivity contribution < 1.29 is 5.11 Å². The molecular formula is C10H10BrNO. The van der Waals surface area contributed by atoms with Crippen LogP contribution < -0.4 is 0 Å². The van der Waals surface area contributed by atoms with E-state index in [1.165, 1.54) is 0 Å². The number of hydrogen-bond donors (Lipinski definition) is 1. The molecule has 1 aromatic rings. The predicted molar refractivity (Wildman–Crippen MR) is 54.5 cm³/mol. The topological polar surface area (TPSA) is 44.0 Å². The zero-order valence-corrected chi connectivity index (χ0v) is 8.93. The van der Waals surface area contributed by atoms with Crippen molar-refractivity contribution in [1.82, 2.24) is 0 Å². The van der Waals surface area contributed by atoms with E-state index < -0.39 is 0 Å². The molecule has 0 saturated carbocycles. The van der Waals surface area contributed by atoms with Gasteiger partial charge in [-0.15, -0.1) is 0 Å². The average Bonchev–Trinajstić information content (AvgIpc) is 2.11. The molecule has 0 aliphatic carbocycles. The lowest BCUT2D eigenvalue weighted by Crippen LogP contribution is -1.89. The first-order valence-corrected chi connectivity index (χ1v) is 4.85. The van der Waals surface area contributed by atoms with Gasteiger partial charge in [-0.25, -0.2) is 0 Å². The lowest BCUT2D eigenvalue weighted by molar-refractivity contribution is 0.463. The van der Waals surface area contributed by atoms with Crippen LogP contribution in [0.4, 0.5) is 0 Å². The van der Waals surface area contributed by atoms with Gasteiger partial charge in [-0.1, -0.05) is 22.9 Å². The number of phenols is 1. The van der Waals surface area contributed by atoms with Crippen molar-refractivity contribution in [3.8, 4) is 11.8 Å². The Kier molecular flexibility index (Phi) is 3.32. The number of nitriles is 1. The summed E-state index contributed by atoms with van der Waals surface area (Å²) < 4.78 is 0.910. The summed E-state index contributed by atoms with van der Waals surface area (Å²) in [5.41, 5.74) is 1.56. The Bertz CT molecular complexity index is 355. The lowest BCUT2D eigenvalue weighted by atomic mass is 10.1. The molecule has 13 heavy (non-hydrogen) atoms. The second-order valence-electron chi connectivity index (χ2n) is 2.76. The van der Waals surface area contributed by atoms with Crippen LogP contribution in [0, 0.1) is 11.3 Å². The molecule has 0 heterocycles. The minimum atomic E-state index is 0.248. The number of aromatic hydroxyl groups is 1. The standard InChI is InChI=1S/C10H10BrNO/c1-2-7-5-9(11)6-8(3-4-12)10(7)13/h5-6,13H,2-3H2,1H3. The molecule has 0 aliphatic rings. The third kappa shape index (κ3) is 2.22. The summed E-state index contributed by atoms with van der Waals surface area (Å²) in [5, 5.41) is 18.2. The van der Waals surface area contributed by atoms with Gasteiger partial charge < -0.3 is 5.11 Å². The summed E-state index contributed by atoms with van der Waals surface area (Å²) in [4.78, 5) is 0. The maximum Gasteiger partial charge on any atom is 0.123 e. The molecule has 2 nitrogen and oxygen atoms in total. The summed E-state index contributed by atoms with van der Waals surface area (Å²) >= 11 is 3.34. The molecule has 0 unspecified atom stereocenters. The lowest BCUT2D eigenvalue weighted by Gasteiger charge is -2.06. The predicted octanol–water partition coefficient (Wildman–Crippen LogP) is 2.78. The fourth-order valence-corrected chi connectivity index (χ4v) is 1.76. The van der Waals surface area contributed by atoms with Crippen molar-refractivity contribution in [1.29, 1.82) is 5.26 Å². The monoisotopic (exact) mass is 239 g/mol. The van der Waals surface area contributed by atoms with Crippen LogP contribution in [0.25, 0.3) is 0 Å². The van der Waals surface area contributed by atoms with Gasteiger partial charge in [0.2, 0.25) is 0 Å². The van der Waals surface area contributed by atoms with E-state index >= 15 is 0 Å². The first kappa shape index (κ1) is 10.1. The Balaban J connectivity index is 3.20. The van der Waals surface area contributed by atoms with Crippen LogP contribution in [-0.4, -0.2) is 5.11 Å². The smallest absolute Gasteiger partial charge is 0.123 e. The van der Waals surface area contributed by atoms with E-state index in [2.05, 4.69) is 15.9 Å². The van der Waals surface area contributed by atoms with Gasteiger partial charge in [0.25, 0.3) is 0 Å². The molecule has 0 atom stereocenters. The first-order chi connectivity index (χ1) is 6.19. The van der Waals surface area contributed by atoms with Gasteiger partial charge in [-0.2, -0.15) is 5.26 Å². The summed E-state index contributed by atoms with van der Waals surface area (Å²) in [7, 11) is 0. The van der Waals surface area contributed by atoms with Crippen molar-refractivity contribution in [2.24, 2.45) is 0 Å². The van der Waals surface area contributed by atoms with Crippen molar-refractivity contribution in [3.05, 3.63) is 27.7 Å². The summed E-state index contributed by atoms with van der Waals surface area (Å²) in [5.74, 6) is 0.257. The Morgan fingerprint density at radius 3 is 2.62 bits per heavy atom. The normalized spacial score (nSPS) is 9.62. The van der Waals surface area contributed by atoms with Crippen LogP contribution in [0.15, 0.2) is 16.6 Å². The largest absolute Gasteiger partial charge is 0.507 e. The minimum absolute atomic E-state index is 0.248. The van der Waals surface area contributed by atoms with Crippen molar-refractivity contribution in [2.45, 2.75) is 19.8 Å². The van der Waals surface area contributed by atoms with E-state index in [9.17, 15) is 5.11 Å². The maximum atomic E-state index is 9.67. The minimum Gasteiger partial charge on any atom is -0.507 e. The first-order valence-electron chi connectivity index (χ1n) is 4.06. The van der Waals surface area contributed by atoms with E-state index in [1.807, 2.05) is 19.1 Å². The summed E-state index contributed by atoms with van der Waals surface area (Å²) in [6.45, 7) is 1.97. The molecule has 0 aromatic heterocycles. The van der Waals surface area contributed by atoms with Crippen LogP contribution in [0.2, 0.25) is 0 Å². The molecule has 3 heteroatoms. The Labute approximate surface area is 85.9 Å². The number of phenolic OH excluding ortho intramolecular Hbond substituents is 1. The van der Waals surface area contributed by atoms with Crippen LogP contribution in [0.5, 0.6) is 5.75 Å². The fourth-order valence-electron chi connectivity index (χ4n) is 1.21. The van der Waals surface area contributed by atoms with E-state index in [4.69, 9.17) is 5.26 Å². The average molecular weight is 240 g/mol. The Hall–Kier alpha value is -1.01. The van der Waals surface area contributed by atoms with Crippen LogP contribution in [0.1, 0.15) is 18.1 Å². The zero-order chi connectivity index (χ0) is 9.84. The highest BCUT2D eigenvalue weighted by molar-refractivity contribution is 9.10. The second-order valence-corrected chi connectivity index (χ2v) is 3.68. The highest BCUT2D eigenvalue weighted by Crippen LogP contribution is 2.27. The summed E-state index contributed by atoms with van der Waals surface area (Å²) in [6, 6.07) is 5.67. The van der Waals surface area contributed by atoms with Crippen LogP contribution >= 0.6 is 15.9 Å². The molecule has 0 spiro atoms. The highest BCUT2D eigenvalue weighted by atomic mass is 79.9. The van der Waals surface area contributed by atoms with Gasteiger partial charge in [0.05, 0.1) is 12.5 Å². The van der Waals surface area contributed by atoms with Gasteiger partial charge in [0, 0.05) is 10.0 Å². The SMILES string of the molecule is CCc1cc(Br)cc(CC#N)c1O. The highest BCUT2D eigenvalue weighted by Gasteiger charge is 2.06. The fraction of sp³-hybridized carbons (Fsp3) is 0.300. The molecule has 1 N–H and O–H groups in total. The second kappa shape index (κ2) is 4.29. The van der Waals surface area contributed by atoms with Crippen molar-refractivity contribution >= 4 is 15.9 Å². The molecule has 0 radical (unpaired) electrons. The van der Waals surface area contributed by atoms with Crippen molar-refractivity contribution in [3.63, 3.8) is 0 Å². The number of rotatable bonds is 2. The van der Waals surface area contributed by atoms with Gasteiger partial charge in [-0.05, 0) is 24.1 Å². The summed E-state index contributed by atoms with van der Waals surface area (Å²) in [6.07, 6.45) is 1.02. The van der Waals surface area contributed by atoms with Crippen molar-refractivity contribution in [2.75, 3.05) is 0 Å². The van der Waals surface area contributed by atoms with E-state index in [1.54, 1.807) is 6.07 Å². The molecule has 0 amide bonds. The number of aryl methyl sites for hydroxylation is 1. The Morgan fingerprint density at radius 2 is 2.08 bits per heavy atom. The van der Waals surface area contributed by atoms with Gasteiger partial charge >= 0.3 is 0 Å². The van der Waals surface area contributed by atoms with Crippen LogP contribution in [-0.2, 0) is 12.8 Å². The number of hydrogen-bond acceptors (Lipinski definition) is 2. The van der Waals surface area contributed by atoms with E-state index in [0.29, 0.717) is 5.56 Å². The molecule has 1 aromatic carbocycles. The van der Waals surface area contributed by atoms with Gasteiger partial charge in [0.1, 0.15) is 5.75 Å². The number of nitrogens with zero attached hydrogens (tertiary/aromatic N) is 1.